The maximum atomic E-state index is 14.4. The van der Waals surface area contributed by atoms with E-state index in [1.54, 1.807) is 29.2 Å². The van der Waals surface area contributed by atoms with Gasteiger partial charge in [0.25, 0.3) is 0 Å². The van der Waals surface area contributed by atoms with E-state index in [9.17, 15) is 14.4 Å². The first-order valence-electron chi connectivity index (χ1n) is 17.0. The Morgan fingerprint density at radius 2 is 1.62 bits per heavy atom. The number of ketones is 1. The highest BCUT2D eigenvalue weighted by Crippen LogP contribution is 2.55. The molecule has 8 nitrogen and oxygen atoms in total. The van der Waals surface area contributed by atoms with Crippen molar-refractivity contribution in [1.29, 1.82) is 0 Å². The smallest absolute Gasteiger partial charge is 0.231 e. The van der Waals surface area contributed by atoms with Gasteiger partial charge in [0.15, 0.2) is 5.78 Å². The molecule has 4 aliphatic rings. The van der Waals surface area contributed by atoms with Gasteiger partial charge in [-0.1, -0.05) is 92.8 Å². The second-order valence-corrected chi connectivity index (χ2v) is 13.6. The van der Waals surface area contributed by atoms with Gasteiger partial charge in [-0.2, -0.15) is 0 Å². The molecule has 8 heteroatoms. The number of fused-ring (bicyclic) bond motifs is 1. The van der Waals surface area contributed by atoms with Gasteiger partial charge in [0.1, 0.15) is 23.1 Å². The van der Waals surface area contributed by atoms with Crippen molar-refractivity contribution in [2.75, 3.05) is 25.5 Å². The van der Waals surface area contributed by atoms with Crippen molar-refractivity contribution in [3.8, 4) is 11.5 Å². The van der Waals surface area contributed by atoms with E-state index in [-0.39, 0.29) is 17.6 Å². The minimum atomic E-state index is -1.12. The Balaban J connectivity index is 1.09. The van der Waals surface area contributed by atoms with Gasteiger partial charge < -0.3 is 24.6 Å². The fraction of sp³-hybridized carbons (Fsp3) is 0.410. The third kappa shape index (κ3) is 6.36. The standard InChI is InChI=1S/C39H43N3O5/c1-41(26-28-13-7-3-8-14-28)23-24-42-36(32(43)25-27-11-5-2-6-12-27)39-22-21-33(47-39)34(35(39)38(42)45)37(44)40-29-17-19-31(20-18-29)46-30-15-9-4-10-16-30/h3-4,7-10,13-22,27,33-36H,2,5-6,11-12,23-26H2,1H3,(H,40,44). The van der Waals surface area contributed by atoms with Crippen molar-refractivity contribution in [2.24, 2.45) is 17.8 Å². The number of hydrogen-bond donors (Lipinski definition) is 1. The minimum Gasteiger partial charge on any atom is -0.457 e. The van der Waals surface area contributed by atoms with E-state index in [2.05, 4.69) is 22.3 Å². The molecule has 5 unspecified atom stereocenters. The summed E-state index contributed by atoms with van der Waals surface area (Å²) in [4.78, 5) is 46.4. The Hall–Kier alpha value is -4.27. The summed E-state index contributed by atoms with van der Waals surface area (Å²) in [6.45, 7) is 1.72. The number of hydrogen-bond acceptors (Lipinski definition) is 6. The van der Waals surface area contributed by atoms with Crippen LogP contribution in [0.5, 0.6) is 11.5 Å². The maximum absolute atomic E-state index is 14.4. The highest BCUT2D eigenvalue weighted by Gasteiger charge is 2.72. The summed E-state index contributed by atoms with van der Waals surface area (Å²) in [7, 11) is 2.03. The highest BCUT2D eigenvalue weighted by atomic mass is 16.5. The quantitative estimate of drug-likeness (QED) is 0.238. The van der Waals surface area contributed by atoms with Crippen LogP contribution >= 0.6 is 0 Å². The number of nitrogens with zero attached hydrogens (tertiary/aromatic N) is 2. The van der Waals surface area contributed by atoms with Gasteiger partial charge in [-0.25, -0.2) is 0 Å². The number of carbonyl (C=O) groups is 3. The van der Waals surface area contributed by atoms with Crippen LogP contribution in [0.2, 0.25) is 0 Å². The molecule has 1 aliphatic carbocycles. The monoisotopic (exact) mass is 633 g/mol. The second-order valence-electron chi connectivity index (χ2n) is 13.6. The molecule has 7 rings (SSSR count). The molecule has 244 valence electrons. The van der Waals surface area contributed by atoms with Crippen LogP contribution in [0.1, 0.15) is 44.1 Å². The van der Waals surface area contributed by atoms with E-state index < -0.39 is 29.6 Å². The molecule has 3 fully saturated rings. The molecule has 2 bridgehead atoms. The van der Waals surface area contributed by atoms with E-state index >= 15 is 0 Å². The minimum absolute atomic E-state index is 0.0545. The normalized spacial score (nSPS) is 26.5. The fourth-order valence-electron chi connectivity index (χ4n) is 8.08. The van der Waals surface area contributed by atoms with Gasteiger partial charge in [0.05, 0.1) is 17.9 Å². The average molecular weight is 634 g/mol. The van der Waals surface area contributed by atoms with Crippen molar-refractivity contribution in [2.45, 2.75) is 62.8 Å². The number of amides is 2. The molecule has 5 atom stereocenters. The zero-order valence-corrected chi connectivity index (χ0v) is 26.9. The summed E-state index contributed by atoms with van der Waals surface area (Å²) in [5, 5.41) is 3.02. The van der Waals surface area contributed by atoms with Gasteiger partial charge in [0, 0.05) is 31.7 Å². The molecule has 2 amide bonds. The number of nitrogens with one attached hydrogen (secondary N) is 1. The van der Waals surface area contributed by atoms with Crippen molar-refractivity contribution in [3.63, 3.8) is 0 Å². The lowest BCUT2D eigenvalue weighted by atomic mass is 9.72. The Morgan fingerprint density at radius 1 is 0.936 bits per heavy atom. The molecule has 3 aromatic carbocycles. The zero-order chi connectivity index (χ0) is 32.4. The highest BCUT2D eigenvalue weighted by molar-refractivity contribution is 6.03. The number of benzene rings is 3. The molecule has 47 heavy (non-hydrogen) atoms. The van der Waals surface area contributed by atoms with Gasteiger partial charge in [-0.05, 0) is 54.9 Å². The van der Waals surface area contributed by atoms with Gasteiger partial charge >= 0.3 is 0 Å². The molecule has 1 spiro atoms. The average Bonchev–Trinajstić information content (AvgIpc) is 3.73. The molecule has 3 aromatic rings. The van der Waals surface area contributed by atoms with Gasteiger partial charge in [-0.3, -0.25) is 14.4 Å². The zero-order valence-electron chi connectivity index (χ0n) is 26.9. The van der Waals surface area contributed by atoms with Crippen LogP contribution < -0.4 is 10.1 Å². The van der Waals surface area contributed by atoms with Crippen molar-refractivity contribution < 1.29 is 23.9 Å². The lowest BCUT2D eigenvalue weighted by molar-refractivity contribution is -0.140. The van der Waals surface area contributed by atoms with Crippen LogP contribution in [0.4, 0.5) is 5.69 Å². The molecule has 1 N–H and O–H groups in total. The predicted octanol–water partition coefficient (Wildman–Crippen LogP) is 6.24. The molecule has 3 aliphatic heterocycles. The molecule has 0 aromatic heterocycles. The van der Waals surface area contributed by atoms with Crippen molar-refractivity contribution in [3.05, 3.63) is 103 Å². The summed E-state index contributed by atoms with van der Waals surface area (Å²) < 4.78 is 12.5. The molecular weight excluding hydrogens is 590 g/mol. The number of carbonyl (C=O) groups excluding carboxylic acids is 3. The topological polar surface area (TPSA) is 88.2 Å². The Labute approximate surface area is 276 Å². The summed E-state index contributed by atoms with van der Waals surface area (Å²) in [6, 6.07) is 26.2. The SMILES string of the molecule is CN(CCN1C(=O)C2C(C(=O)Nc3ccc(Oc4ccccc4)cc3)C3C=CC2(O3)C1C(=O)CC1CCCCC1)Cc1ccccc1. The lowest BCUT2D eigenvalue weighted by Crippen LogP contribution is -2.52. The summed E-state index contributed by atoms with van der Waals surface area (Å²) in [5.41, 5.74) is 0.663. The number of likely N-dealkylation sites (N-methyl/N-ethyl adjacent to an activating group) is 1. The fourth-order valence-corrected chi connectivity index (χ4v) is 8.08. The number of ether oxygens (including phenoxy) is 2. The first-order chi connectivity index (χ1) is 22.9. The first kappa shape index (κ1) is 31.3. The third-order valence-corrected chi connectivity index (χ3v) is 10.3. The third-order valence-electron chi connectivity index (χ3n) is 10.3. The summed E-state index contributed by atoms with van der Waals surface area (Å²) in [6.07, 6.45) is 9.27. The lowest BCUT2D eigenvalue weighted by Gasteiger charge is -2.34. The van der Waals surface area contributed by atoms with E-state index in [4.69, 9.17) is 9.47 Å². The van der Waals surface area contributed by atoms with E-state index in [1.807, 2.05) is 67.7 Å². The van der Waals surface area contributed by atoms with Crippen LogP contribution in [0.25, 0.3) is 0 Å². The molecule has 3 heterocycles. The maximum Gasteiger partial charge on any atom is 0.231 e. The number of likely N-dealkylation sites (tertiary alicyclic amines) is 1. The van der Waals surface area contributed by atoms with Crippen molar-refractivity contribution >= 4 is 23.3 Å². The van der Waals surface area contributed by atoms with Crippen LogP contribution in [0, 0.1) is 17.8 Å². The van der Waals surface area contributed by atoms with E-state index in [0.29, 0.717) is 36.9 Å². The van der Waals surface area contributed by atoms with Crippen LogP contribution in [-0.2, 0) is 25.7 Å². The van der Waals surface area contributed by atoms with Crippen LogP contribution in [0.3, 0.4) is 0 Å². The van der Waals surface area contributed by atoms with Crippen molar-refractivity contribution in [1.82, 2.24) is 9.80 Å². The van der Waals surface area contributed by atoms with Crippen LogP contribution in [0.15, 0.2) is 97.1 Å². The van der Waals surface area contributed by atoms with Gasteiger partial charge in [-0.15, -0.1) is 0 Å². The number of para-hydroxylation sites is 1. The summed E-state index contributed by atoms with van der Waals surface area (Å²) >= 11 is 0. The Kier molecular flexibility index (Phi) is 8.97. The predicted molar refractivity (Wildman–Crippen MR) is 180 cm³/mol. The number of anilines is 1. The largest absolute Gasteiger partial charge is 0.457 e. The molecule has 2 saturated heterocycles. The second kappa shape index (κ2) is 13.5. The van der Waals surface area contributed by atoms with Gasteiger partial charge in [0.2, 0.25) is 11.8 Å². The van der Waals surface area contributed by atoms with Crippen LogP contribution in [-0.4, -0.2) is 65.3 Å². The Morgan fingerprint density at radius 3 is 2.34 bits per heavy atom. The summed E-state index contributed by atoms with van der Waals surface area (Å²) in [5.74, 6) is -0.167. The number of Topliss-reactive ketones (excluding diaryl/α,β-unsaturated/α-hetero) is 1. The Bertz CT molecular complexity index is 1600. The molecule has 1 saturated carbocycles. The van der Waals surface area contributed by atoms with E-state index in [0.717, 1.165) is 38.0 Å². The number of rotatable bonds is 12. The molecular formula is C39H43N3O5. The van der Waals surface area contributed by atoms with E-state index in [1.165, 1.54) is 12.0 Å². The first-order valence-corrected chi connectivity index (χ1v) is 17.0. The molecule has 0 radical (unpaired) electrons.